The van der Waals surface area contributed by atoms with Gasteiger partial charge in [-0.25, -0.2) is 0 Å². The summed E-state index contributed by atoms with van der Waals surface area (Å²) in [7, 11) is 1.93. The zero-order valence-electron chi connectivity index (χ0n) is 8.33. The average molecular weight is 179 g/mol. The highest BCUT2D eigenvalue weighted by molar-refractivity contribution is 5.11. The van der Waals surface area contributed by atoms with E-state index in [1.54, 1.807) is 0 Å². The molecular formula is C10H17N3. The summed E-state index contributed by atoms with van der Waals surface area (Å²) >= 11 is 0. The van der Waals surface area contributed by atoms with Crippen molar-refractivity contribution in [2.24, 2.45) is 12.8 Å². The molecule has 3 heteroatoms. The Hall–Kier alpha value is -1.09. The van der Waals surface area contributed by atoms with Gasteiger partial charge in [0.1, 0.15) is 0 Å². The van der Waals surface area contributed by atoms with Crippen LogP contribution in [0.3, 0.4) is 0 Å². The highest BCUT2D eigenvalue weighted by atomic mass is 15.2. The number of rotatable bonds is 4. The molecule has 72 valence electrons. The molecule has 0 unspecified atom stereocenters. The molecule has 0 radical (unpaired) electrons. The van der Waals surface area contributed by atoms with Crippen LogP contribution in [-0.2, 0) is 13.5 Å². The molecule has 0 aliphatic carbocycles. The van der Waals surface area contributed by atoms with Crippen LogP contribution in [0, 0.1) is 0 Å². The van der Waals surface area contributed by atoms with Gasteiger partial charge in [-0.05, 0) is 26.0 Å². The van der Waals surface area contributed by atoms with Gasteiger partial charge in [0.05, 0.1) is 5.69 Å². The van der Waals surface area contributed by atoms with E-state index in [0.29, 0.717) is 0 Å². The number of aryl methyl sites for hydroxylation is 1. The van der Waals surface area contributed by atoms with Crippen molar-refractivity contribution < 1.29 is 0 Å². The first-order valence-corrected chi connectivity index (χ1v) is 4.56. The Morgan fingerprint density at radius 1 is 1.69 bits per heavy atom. The lowest BCUT2D eigenvalue weighted by Crippen LogP contribution is -1.97. The van der Waals surface area contributed by atoms with Crippen LogP contribution in [0.1, 0.15) is 19.0 Å². The molecule has 1 rings (SSSR count). The maximum atomic E-state index is 5.41. The summed E-state index contributed by atoms with van der Waals surface area (Å²) in [5, 5.41) is 4.30. The van der Waals surface area contributed by atoms with Crippen LogP contribution in [0.5, 0.6) is 0 Å². The van der Waals surface area contributed by atoms with Crippen LogP contribution in [0.25, 0.3) is 0 Å². The maximum absolute atomic E-state index is 5.41. The van der Waals surface area contributed by atoms with Gasteiger partial charge in [0.15, 0.2) is 0 Å². The lowest BCUT2D eigenvalue weighted by Gasteiger charge is -1.97. The monoisotopic (exact) mass is 179 g/mol. The Balaban J connectivity index is 2.49. The van der Waals surface area contributed by atoms with E-state index >= 15 is 0 Å². The van der Waals surface area contributed by atoms with Crippen molar-refractivity contribution in [3.8, 4) is 0 Å². The van der Waals surface area contributed by atoms with Crippen molar-refractivity contribution in [2.45, 2.75) is 19.8 Å². The van der Waals surface area contributed by atoms with E-state index in [1.165, 1.54) is 5.57 Å². The third-order valence-corrected chi connectivity index (χ3v) is 1.89. The smallest absolute Gasteiger partial charge is 0.0664 e. The van der Waals surface area contributed by atoms with E-state index in [-0.39, 0.29) is 0 Å². The van der Waals surface area contributed by atoms with Gasteiger partial charge in [-0.3, -0.25) is 4.68 Å². The second-order valence-electron chi connectivity index (χ2n) is 3.29. The van der Waals surface area contributed by atoms with Crippen LogP contribution in [-0.4, -0.2) is 16.3 Å². The Morgan fingerprint density at radius 3 is 3.00 bits per heavy atom. The first-order chi connectivity index (χ1) is 6.22. The minimum Gasteiger partial charge on any atom is -0.330 e. The fourth-order valence-electron chi connectivity index (χ4n) is 1.25. The van der Waals surface area contributed by atoms with Gasteiger partial charge in [0.25, 0.3) is 0 Å². The van der Waals surface area contributed by atoms with Crippen LogP contribution in [0.4, 0.5) is 0 Å². The fraction of sp³-hybridized carbons (Fsp3) is 0.500. The minimum absolute atomic E-state index is 0.722. The van der Waals surface area contributed by atoms with Crippen LogP contribution in [0.2, 0.25) is 0 Å². The lowest BCUT2D eigenvalue weighted by molar-refractivity contribution is 0.747. The molecule has 1 heterocycles. The molecule has 2 N–H and O–H groups in total. The number of aromatic nitrogens is 2. The topological polar surface area (TPSA) is 43.8 Å². The molecule has 1 aromatic heterocycles. The molecule has 0 aromatic carbocycles. The van der Waals surface area contributed by atoms with Gasteiger partial charge in [-0.2, -0.15) is 5.10 Å². The standard InChI is InChI=1S/C10H17N3/c1-9(4-3-6-11)8-10-5-7-13(2)12-10/h4-5,7H,3,6,8,11H2,1-2H3/b9-4-. The number of nitrogens with two attached hydrogens (primary N) is 1. The minimum atomic E-state index is 0.722. The van der Waals surface area contributed by atoms with E-state index in [9.17, 15) is 0 Å². The number of nitrogens with zero attached hydrogens (tertiary/aromatic N) is 2. The lowest BCUT2D eigenvalue weighted by atomic mass is 10.1. The van der Waals surface area contributed by atoms with Crippen LogP contribution < -0.4 is 5.73 Å². The zero-order valence-corrected chi connectivity index (χ0v) is 8.33. The predicted octanol–water partition coefficient (Wildman–Crippen LogP) is 1.26. The molecule has 13 heavy (non-hydrogen) atoms. The summed E-state index contributed by atoms with van der Waals surface area (Å²) in [5.41, 5.74) is 7.87. The summed E-state index contributed by atoms with van der Waals surface area (Å²) < 4.78 is 1.82. The molecule has 0 amide bonds. The first-order valence-electron chi connectivity index (χ1n) is 4.56. The number of hydrogen-bond acceptors (Lipinski definition) is 2. The third kappa shape index (κ3) is 3.42. The van der Waals surface area contributed by atoms with Crippen LogP contribution >= 0.6 is 0 Å². The van der Waals surface area contributed by atoms with E-state index in [4.69, 9.17) is 5.73 Å². The molecule has 0 saturated heterocycles. The zero-order chi connectivity index (χ0) is 9.68. The summed E-state index contributed by atoms with van der Waals surface area (Å²) in [6, 6.07) is 2.04. The van der Waals surface area contributed by atoms with Crippen molar-refractivity contribution in [1.29, 1.82) is 0 Å². The van der Waals surface area contributed by atoms with Crippen molar-refractivity contribution >= 4 is 0 Å². The van der Waals surface area contributed by atoms with E-state index in [2.05, 4.69) is 18.1 Å². The average Bonchev–Trinajstić information content (AvgIpc) is 2.48. The molecule has 0 aliphatic rings. The second-order valence-corrected chi connectivity index (χ2v) is 3.29. The van der Waals surface area contributed by atoms with Gasteiger partial charge in [-0.1, -0.05) is 11.6 Å². The van der Waals surface area contributed by atoms with Crippen molar-refractivity contribution in [2.75, 3.05) is 6.54 Å². The second kappa shape index (κ2) is 4.82. The highest BCUT2D eigenvalue weighted by Gasteiger charge is 1.97. The third-order valence-electron chi connectivity index (χ3n) is 1.89. The molecule has 0 bridgehead atoms. The predicted molar refractivity (Wildman–Crippen MR) is 54.3 cm³/mol. The summed E-state index contributed by atoms with van der Waals surface area (Å²) in [6.07, 6.45) is 6.03. The highest BCUT2D eigenvalue weighted by Crippen LogP contribution is 2.05. The SMILES string of the molecule is C/C(=C/CCN)Cc1ccn(C)n1. The van der Waals surface area contributed by atoms with Crippen LogP contribution in [0.15, 0.2) is 23.9 Å². The van der Waals surface area contributed by atoms with E-state index < -0.39 is 0 Å². The molecule has 0 spiro atoms. The fourth-order valence-corrected chi connectivity index (χ4v) is 1.25. The van der Waals surface area contributed by atoms with Crippen molar-refractivity contribution in [1.82, 2.24) is 9.78 Å². The Kier molecular flexibility index (Phi) is 3.71. The Bertz CT molecular complexity index is 286. The summed E-state index contributed by atoms with van der Waals surface area (Å²) in [5.74, 6) is 0. The molecule has 0 fully saturated rings. The quantitative estimate of drug-likeness (QED) is 0.707. The van der Waals surface area contributed by atoms with Gasteiger partial charge >= 0.3 is 0 Å². The van der Waals surface area contributed by atoms with Gasteiger partial charge in [0.2, 0.25) is 0 Å². The normalized spacial score (nSPS) is 12.1. The van der Waals surface area contributed by atoms with Crippen molar-refractivity contribution in [3.63, 3.8) is 0 Å². The summed E-state index contributed by atoms with van der Waals surface area (Å²) in [4.78, 5) is 0. The molecule has 3 nitrogen and oxygen atoms in total. The number of allylic oxidation sites excluding steroid dienone is 1. The molecule has 0 aliphatic heterocycles. The van der Waals surface area contributed by atoms with Gasteiger partial charge < -0.3 is 5.73 Å². The molecule has 1 aromatic rings. The Labute approximate surface area is 79.2 Å². The van der Waals surface area contributed by atoms with Gasteiger partial charge in [0, 0.05) is 19.7 Å². The largest absolute Gasteiger partial charge is 0.330 e. The van der Waals surface area contributed by atoms with E-state index in [0.717, 1.165) is 25.1 Å². The van der Waals surface area contributed by atoms with E-state index in [1.807, 2.05) is 24.0 Å². The molecule has 0 saturated carbocycles. The molecule has 0 atom stereocenters. The first kappa shape index (κ1) is 9.99. The van der Waals surface area contributed by atoms with Gasteiger partial charge in [-0.15, -0.1) is 0 Å². The molecular weight excluding hydrogens is 162 g/mol. The summed E-state index contributed by atoms with van der Waals surface area (Å²) in [6.45, 7) is 2.84. The Morgan fingerprint density at radius 2 is 2.46 bits per heavy atom. The maximum Gasteiger partial charge on any atom is 0.0664 e. The number of hydrogen-bond donors (Lipinski definition) is 1. The van der Waals surface area contributed by atoms with Crippen molar-refractivity contribution in [3.05, 3.63) is 29.6 Å².